The predicted molar refractivity (Wildman–Crippen MR) is 109 cm³/mol. The molecular formula is C18H35IN4. The zero-order valence-electron chi connectivity index (χ0n) is 14.8. The number of rotatable bonds is 3. The molecule has 2 atom stereocenters. The summed E-state index contributed by atoms with van der Waals surface area (Å²) in [6.07, 6.45) is 11.3. The summed E-state index contributed by atoms with van der Waals surface area (Å²) in [4.78, 5) is 9.68. The quantitative estimate of drug-likeness (QED) is 0.421. The Labute approximate surface area is 159 Å². The van der Waals surface area contributed by atoms with Crippen LogP contribution in [0.1, 0.15) is 51.4 Å². The maximum Gasteiger partial charge on any atom is 0.193 e. The van der Waals surface area contributed by atoms with E-state index in [0.717, 1.165) is 24.3 Å². The molecule has 2 heterocycles. The molecule has 2 unspecified atom stereocenters. The third kappa shape index (κ3) is 5.48. The first-order chi connectivity index (χ1) is 10.9. The van der Waals surface area contributed by atoms with Crippen molar-refractivity contribution in [3.63, 3.8) is 0 Å². The minimum Gasteiger partial charge on any atom is -0.355 e. The third-order valence-electron chi connectivity index (χ3n) is 5.90. The highest BCUT2D eigenvalue weighted by Gasteiger charge is 2.35. The molecule has 0 aromatic rings. The van der Waals surface area contributed by atoms with Crippen molar-refractivity contribution in [2.24, 2.45) is 16.8 Å². The molecule has 0 aromatic carbocycles. The Hall–Kier alpha value is -0.0400. The molecule has 134 valence electrons. The molecule has 0 radical (unpaired) electrons. The van der Waals surface area contributed by atoms with E-state index >= 15 is 0 Å². The second-order valence-electron chi connectivity index (χ2n) is 7.44. The van der Waals surface area contributed by atoms with Crippen LogP contribution >= 0.6 is 24.0 Å². The van der Waals surface area contributed by atoms with Crippen LogP contribution in [0.5, 0.6) is 0 Å². The number of nitrogens with zero attached hydrogens (tertiary/aromatic N) is 3. The Morgan fingerprint density at radius 2 is 1.57 bits per heavy atom. The van der Waals surface area contributed by atoms with Crippen molar-refractivity contribution in [3.8, 4) is 0 Å². The molecule has 5 heteroatoms. The van der Waals surface area contributed by atoms with Gasteiger partial charge in [0.2, 0.25) is 0 Å². The number of nitrogens with one attached hydrogen (secondary N) is 1. The van der Waals surface area contributed by atoms with Gasteiger partial charge in [0.05, 0.1) is 0 Å². The van der Waals surface area contributed by atoms with Crippen LogP contribution < -0.4 is 5.32 Å². The van der Waals surface area contributed by atoms with E-state index in [1.165, 1.54) is 84.1 Å². The molecule has 23 heavy (non-hydrogen) atoms. The number of fused-ring (bicyclic) bond motifs is 1. The van der Waals surface area contributed by atoms with Gasteiger partial charge >= 0.3 is 0 Å². The maximum absolute atomic E-state index is 4.54. The van der Waals surface area contributed by atoms with E-state index in [1.807, 2.05) is 7.05 Å². The zero-order chi connectivity index (χ0) is 15.2. The second kappa shape index (κ2) is 10.1. The minimum atomic E-state index is 0. The largest absolute Gasteiger partial charge is 0.355 e. The van der Waals surface area contributed by atoms with Crippen LogP contribution in [0.15, 0.2) is 4.99 Å². The molecule has 0 aromatic heterocycles. The monoisotopic (exact) mass is 434 g/mol. The predicted octanol–water partition coefficient (Wildman–Crippen LogP) is 3.18. The van der Waals surface area contributed by atoms with E-state index in [1.54, 1.807) is 0 Å². The lowest BCUT2D eigenvalue weighted by molar-refractivity contribution is 0.288. The highest BCUT2D eigenvalue weighted by Crippen LogP contribution is 2.35. The van der Waals surface area contributed by atoms with Gasteiger partial charge in [-0.1, -0.05) is 25.7 Å². The lowest BCUT2D eigenvalue weighted by Crippen LogP contribution is -2.43. The number of likely N-dealkylation sites (tertiary alicyclic amines) is 2. The van der Waals surface area contributed by atoms with Gasteiger partial charge in [0, 0.05) is 33.2 Å². The molecule has 4 nitrogen and oxygen atoms in total. The van der Waals surface area contributed by atoms with Gasteiger partial charge in [-0.15, -0.1) is 24.0 Å². The van der Waals surface area contributed by atoms with E-state index in [2.05, 4.69) is 20.1 Å². The fraction of sp³-hybridized carbons (Fsp3) is 0.944. The lowest BCUT2D eigenvalue weighted by atomic mass is 9.82. The number of guanidine groups is 1. The zero-order valence-corrected chi connectivity index (χ0v) is 17.1. The average molecular weight is 434 g/mol. The van der Waals surface area contributed by atoms with E-state index in [0.29, 0.717) is 0 Å². The smallest absolute Gasteiger partial charge is 0.193 e. The summed E-state index contributed by atoms with van der Waals surface area (Å²) < 4.78 is 0. The van der Waals surface area contributed by atoms with Gasteiger partial charge in [-0.05, 0) is 50.6 Å². The summed E-state index contributed by atoms with van der Waals surface area (Å²) in [5.74, 6) is 3.00. The standard InChI is InChI=1S/C18H34N4.HI/c1-19-18(20-10-13-21-11-6-2-3-7-12-21)22-14-16-8-4-5-9-17(16)15-22;/h16-17H,2-15H2,1H3,(H,19,20);1H. The van der Waals surface area contributed by atoms with Crippen LogP contribution in [-0.4, -0.2) is 62.1 Å². The topological polar surface area (TPSA) is 30.9 Å². The van der Waals surface area contributed by atoms with Crippen LogP contribution in [0.4, 0.5) is 0 Å². The number of hydrogen-bond donors (Lipinski definition) is 1. The van der Waals surface area contributed by atoms with E-state index < -0.39 is 0 Å². The minimum absolute atomic E-state index is 0. The highest BCUT2D eigenvalue weighted by molar-refractivity contribution is 14.0. The van der Waals surface area contributed by atoms with Gasteiger partial charge in [-0.2, -0.15) is 0 Å². The fourth-order valence-corrected chi connectivity index (χ4v) is 4.60. The fourth-order valence-electron chi connectivity index (χ4n) is 4.60. The van der Waals surface area contributed by atoms with Crippen molar-refractivity contribution in [1.29, 1.82) is 0 Å². The molecule has 2 aliphatic heterocycles. The van der Waals surface area contributed by atoms with Crippen LogP contribution in [0.3, 0.4) is 0 Å². The number of halogens is 1. The first kappa shape index (κ1) is 19.3. The Bertz CT molecular complexity index is 352. The summed E-state index contributed by atoms with van der Waals surface area (Å²) in [7, 11) is 1.94. The van der Waals surface area contributed by atoms with Crippen LogP contribution in [0.2, 0.25) is 0 Å². The van der Waals surface area contributed by atoms with Crippen molar-refractivity contribution in [3.05, 3.63) is 0 Å². The number of hydrogen-bond acceptors (Lipinski definition) is 2. The molecule has 1 saturated carbocycles. The Morgan fingerprint density at radius 1 is 0.957 bits per heavy atom. The third-order valence-corrected chi connectivity index (χ3v) is 5.90. The summed E-state index contributed by atoms with van der Waals surface area (Å²) in [6.45, 7) is 7.24. The Morgan fingerprint density at radius 3 is 2.13 bits per heavy atom. The van der Waals surface area contributed by atoms with Gasteiger partial charge in [-0.25, -0.2) is 0 Å². The summed E-state index contributed by atoms with van der Waals surface area (Å²) in [5.41, 5.74) is 0. The molecule has 3 fully saturated rings. The summed E-state index contributed by atoms with van der Waals surface area (Å²) in [6, 6.07) is 0. The molecule has 0 bridgehead atoms. The highest BCUT2D eigenvalue weighted by atomic mass is 127. The Balaban J connectivity index is 0.00000192. The van der Waals surface area contributed by atoms with Crippen molar-refractivity contribution in [2.45, 2.75) is 51.4 Å². The van der Waals surface area contributed by atoms with Crippen LogP contribution in [0, 0.1) is 11.8 Å². The molecule has 0 amide bonds. The molecule has 3 rings (SSSR count). The van der Waals surface area contributed by atoms with Crippen LogP contribution in [0.25, 0.3) is 0 Å². The van der Waals surface area contributed by atoms with E-state index in [9.17, 15) is 0 Å². The van der Waals surface area contributed by atoms with Crippen molar-refractivity contribution in [1.82, 2.24) is 15.1 Å². The van der Waals surface area contributed by atoms with Crippen molar-refractivity contribution in [2.75, 3.05) is 46.3 Å². The molecule has 3 aliphatic rings. The normalized spacial score (nSPS) is 29.6. The Kier molecular flexibility index (Phi) is 8.44. The van der Waals surface area contributed by atoms with Crippen LogP contribution in [-0.2, 0) is 0 Å². The van der Waals surface area contributed by atoms with Gasteiger partial charge in [0.15, 0.2) is 5.96 Å². The summed E-state index contributed by atoms with van der Waals surface area (Å²) >= 11 is 0. The molecule has 2 saturated heterocycles. The average Bonchev–Trinajstić information content (AvgIpc) is 2.80. The first-order valence-electron chi connectivity index (χ1n) is 9.55. The van der Waals surface area contributed by atoms with Crippen molar-refractivity contribution < 1.29 is 0 Å². The maximum atomic E-state index is 4.54. The molecular weight excluding hydrogens is 399 g/mol. The molecule has 0 spiro atoms. The molecule has 1 aliphatic carbocycles. The van der Waals surface area contributed by atoms with E-state index in [-0.39, 0.29) is 24.0 Å². The second-order valence-corrected chi connectivity index (χ2v) is 7.44. The molecule has 1 N–H and O–H groups in total. The van der Waals surface area contributed by atoms with Gasteiger partial charge in [0.1, 0.15) is 0 Å². The number of aliphatic imine (C=N–C) groups is 1. The first-order valence-corrected chi connectivity index (χ1v) is 9.55. The SMILES string of the molecule is CN=C(NCCN1CCCCCC1)N1CC2CCCCC2C1.I. The van der Waals surface area contributed by atoms with Crippen molar-refractivity contribution >= 4 is 29.9 Å². The van der Waals surface area contributed by atoms with Gasteiger partial charge in [-0.3, -0.25) is 4.99 Å². The lowest BCUT2D eigenvalue weighted by Gasteiger charge is -2.24. The van der Waals surface area contributed by atoms with E-state index in [4.69, 9.17) is 0 Å². The summed E-state index contributed by atoms with van der Waals surface area (Å²) in [5, 5.41) is 3.62. The van der Waals surface area contributed by atoms with Gasteiger partial charge in [0.25, 0.3) is 0 Å². The van der Waals surface area contributed by atoms with Gasteiger partial charge < -0.3 is 15.1 Å².